The molecule has 0 aliphatic carbocycles. The van der Waals surface area contributed by atoms with E-state index >= 15 is 0 Å². The normalized spacial score (nSPS) is 9.86. The van der Waals surface area contributed by atoms with Crippen LogP contribution in [0.2, 0.25) is 0 Å². The van der Waals surface area contributed by atoms with E-state index in [0.717, 1.165) is 0 Å². The van der Waals surface area contributed by atoms with E-state index in [1.165, 1.54) is 6.07 Å². The number of hydrogen-bond acceptors (Lipinski definition) is 4. The molecule has 0 atom stereocenters. The number of nitrogens with zero attached hydrogens (tertiary/aromatic N) is 2. The van der Waals surface area contributed by atoms with Crippen LogP contribution in [0.5, 0.6) is 0 Å². The Hall–Kier alpha value is -1.85. The zero-order chi connectivity index (χ0) is 10.7. The van der Waals surface area contributed by atoms with Gasteiger partial charge in [-0.1, -0.05) is 0 Å². The van der Waals surface area contributed by atoms with Crippen LogP contribution >= 0.6 is 0 Å². The minimum atomic E-state index is -0.989. The van der Waals surface area contributed by atoms with Gasteiger partial charge in [0.1, 0.15) is 5.82 Å². The molecular formula is C8H11N3O3. The Morgan fingerprint density at radius 2 is 2.29 bits per heavy atom. The van der Waals surface area contributed by atoms with E-state index in [9.17, 15) is 9.59 Å². The van der Waals surface area contributed by atoms with Crippen LogP contribution in [-0.2, 0) is 11.2 Å². The van der Waals surface area contributed by atoms with Crippen LogP contribution < -0.4 is 10.6 Å². The van der Waals surface area contributed by atoms with Crippen LogP contribution in [0.4, 0.5) is 5.82 Å². The monoisotopic (exact) mass is 197 g/mol. The van der Waals surface area contributed by atoms with E-state index in [1.54, 1.807) is 19.0 Å². The second kappa shape index (κ2) is 3.91. The summed E-state index contributed by atoms with van der Waals surface area (Å²) in [5.41, 5.74) is -0.186. The van der Waals surface area contributed by atoms with Crippen molar-refractivity contribution < 1.29 is 9.90 Å². The topological polar surface area (TPSA) is 86.3 Å². The lowest BCUT2D eigenvalue weighted by molar-refractivity contribution is -0.136. The van der Waals surface area contributed by atoms with Gasteiger partial charge in [0.2, 0.25) is 0 Å². The molecule has 0 spiro atoms. The molecule has 1 aromatic heterocycles. The Morgan fingerprint density at radius 1 is 1.64 bits per heavy atom. The number of carbonyl (C=O) groups is 1. The van der Waals surface area contributed by atoms with Crippen molar-refractivity contribution in [3.8, 4) is 0 Å². The molecule has 0 aromatic carbocycles. The zero-order valence-electron chi connectivity index (χ0n) is 7.94. The number of aliphatic carboxylic acids is 1. The predicted octanol–water partition coefficient (Wildman–Crippen LogP) is -0.537. The first kappa shape index (κ1) is 10.2. The van der Waals surface area contributed by atoms with E-state index < -0.39 is 11.7 Å². The van der Waals surface area contributed by atoms with E-state index in [2.05, 4.69) is 9.97 Å². The Kier molecular flexibility index (Phi) is 2.85. The van der Waals surface area contributed by atoms with Crippen LogP contribution in [0, 0.1) is 0 Å². The average molecular weight is 197 g/mol. The molecule has 6 heteroatoms. The fourth-order valence-electron chi connectivity index (χ4n) is 0.981. The molecule has 6 nitrogen and oxygen atoms in total. The first-order valence-corrected chi connectivity index (χ1v) is 3.98. The van der Waals surface area contributed by atoms with Crippen molar-refractivity contribution in [2.75, 3.05) is 19.0 Å². The van der Waals surface area contributed by atoms with Crippen LogP contribution in [0.25, 0.3) is 0 Å². The predicted molar refractivity (Wildman–Crippen MR) is 50.5 cm³/mol. The van der Waals surface area contributed by atoms with Gasteiger partial charge in [-0.05, 0) is 0 Å². The van der Waals surface area contributed by atoms with E-state index in [0.29, 0.717) is 11.5 Å². The molecule has 1 aromatic rings. The Labute approximate surface area is 80.2 Å². The number of hydrogen-bond donors (Lipinski definition) is 2. The summed E-state index contributed by atoms with van der Waals surface area (Å²) in [7, 11) is 3.46. The molecule has 0 aliphatic heterocycles. The molecule has 0 saturated heterocycles. The highest BCUT2D eigenvalue weighted by atomic mass is 16.4. The zero-order valence-corrected chi connectivity index (χ0v) is 7.94. The van der Waals surface area contributed by atoms with Gasteiger partial charge in [-0.15, -0.1) is 0 Å². The summed E-state index contributed by atoms with van der Waals surface area (Å²) in [6.07, 6.45) is -0.210. The van der Waals surface area contributed by atoms with Gasteiger partial charge in [-0.25, -0.2) is 4.79 Å². The van der Waals surface area contributed by atoms with Gasteiger partial charge in [0, 0.05) is 25.9 Å². The highest BCUT2D eigenvalue weighted by Gasteiger charge is 2.05. The Bertz CT molecular complexity index is 397. The van der Waals surface area contributed by atoms with Gasteiger partial charge < -0.3 is 15.0 Å². The lowest BCUT2D eigenvalue weighted by Crippen LogP contribution is -2.21. The minimum Gasteiger partial charge on any atom is -0.481 e. The molecular weight excluding hydrogens is 186 g/mol. The molecule has 0 bridgehead atoms. The average Bonchev–Trinajstić information content (AvgIpc) is 2.01. The summed E-state index contributed by atoms with van der Waals surface area (Å²) in [4.78, 5) is 29.1. The molecule has 2 N–H and O–H groups in total. The fraction of sp³-hybridized carbons (Fsp3) is 0.375. The molecule has 0 fully saturated rings. The van der Waals surface area contributed by atoms with Crippen LogP contribution in [-0.4, -0.2) is 35.1 Å². The second-order valence-electron chi connectivity index (χ2n) is 3.03. The molecule has 0 radical (unpaired) electrons. The first-order chi connectivity index (χ1) is 6.49. The van der Waals surface area contributed by atoms with Crippen LogP contribution in [0.15, 0.2) is 10.9 Å². The third kappa shape index (κ3) is 2.58. The maximum atomic E-state index is 11.0. The smallest absolute Gasteiger partial charge is 0.347 e. The highest BCUT2D eigenvalue weighted by molar-refractivity contribution is 5.69. The SMILES string of the molecule is CN(C)c1cc(CC(=O)O)[nH]c(=O)n1. The van der Waals surface area contributed by atoms with Gasteiger partial charge in [-0.3, -0.25) is 4.79 Å². The van der Waals surface area contributed by atoms with E-state index in [-0.39, 0.29) is 6.42 Å². The number of aromatic amines is 1. The molecule has 0 aliphatic rings. The molecule has 76 valence electrons. The fourth-order valence-corrected chi connectivity index (χ4v) is 0.981. The van der Waals surface area contributed by atoms with E-state index in [4.69, 9.17) is 5.11 Å². The van der Waals surface area contributed by atoms with Crippen molar-refractivity contribution in [1.29, 1.82) is 0 Å². The van der Waals surface area contributed by atoms with Crippen LogP contribution in [0.1, 0.15) is 5.69 Å². The number of aromatic nitrogens is 2. The quantitative estimate of drug-likeness (QED) is 0.679. The van der Waals surface area contributed by atoms with Gasteiger partial charge in [-0.2, -0.15) is 4.98 Å². The van der Waals surface area contributed by atoms with E-state index in [1.807, 2.05) is 0 Å². The molecule has 0 unspecified atom stereocenters. The largest absolute Gasteiger partial charge is 0.481 e. The third-order valence-electron chi connectivity index (χ3n) is 1.59. The van der Waals surface area contributed by atoms with Crippen molar-refractivity contribution in [1.82, 2.24) is 9.97 Å². The molecule has 14 heavy (non-hydrogen) atoms. The number of nitrogens with one attached hydrogen (secondary N) is 1. The highest BCUT2D eigenvalue weighted by Crippen LogP contribution is 2.05. The second-order valence-corrected chi connectivity index (χ2v) is 3.03. The maximum Gasteiger partial charge on any atom is 0.347 e. The number of anilines is 1. The van der Waals surface area contributed by atoms with Gasteiger partial charge in [0.05, 0.1) is 6.42 Å². The van der Waals surface area contributed by atoms with Gasteiger partial charge in [0.15, 0.2) is 0 Å². The molecule has 1 heterocycles. The summed E-state index contributed by atoms with van der Waals surface area (Å²) in [5.74, 6) is -0.540. The summed E-state index contributed by atoms with van der Waals surface area (Å²) in [6.45, 7) is 0. The maximum absolute atomic E-state index is 11.0. The third-order valence-corrected chi connectivity index (χ3v) is 1.59. The Morgan fingerprint density at radius 3 is 2.79 bits per heavy atom. The number of carboxylic acid groups (broad SMARTS) is 1. The Balaban J connectivity index is 3.07. The number of rotatable bonds is 3. The van der Waals surface area contributed by atoms with Gasteiger partial charge >= 0.3 is 11.7 Å². The van der Waals surface area contributed by atoms with Crippen molar-refractivity contribution in [2.45, 2.75) is 6.42 Å². The first-order valence-electron chi connectivity index (χ1n) is 3.98. The number of carboxylic acids is 1. The summed E-state index contributed by atoms with van der Waals surface area (Å²) in [6, 6.07) is 1.54. The van der Waals surface area contributed by atoms with Crippen LogP contribution in [0.3, 0.4) is 0 Å². The summed E-state index contributed by atoms with van der Waals surface area (Å²) in [5, 5.41) is 8.53. The number of H-pyrrole nitrogens is 1. The minimum absolute atomic E-state index is 0.210. The lowest BCUT2D eigenvalue weighted by atomic mass is 10.3. The molecule has 0 saturated carbocycles. The van der Waals surface area contributed by atoms with Crippen molar-refractivity contribution in [3.63, 3.8) is 0 Å². The summed E-state index contributed by atoms with van der Waals surface area (Å²) < 4.78 is 0. The van der Waals surface area contributed by atoms with Gasteiger partial charge in [0.25, 0.3) is 0 Å². The standard InChI is InChI=1S/C8H11N3O3/c1-11(2)6-3-5(4-7(12)13)9-8(14)10-6/h3H,4H2,1-2H3,(H,12,13)(H,9,10,14). The molecule has 1 rings (SSSR count). The lowest BCUT2D eigenvalue weighted by Gasteiger charge is -2.10. The summed E-state index contributed by atoms with van der Waals surface area (Å²) >= 11 is 0. The molecule has 0 amide bonds. The van der Waals surface area contributed by atoms with Crippen molar-refractivity contribution in [3.05, 3.63) is 22.2 Å². The van der Waals surface area contributed by atoms with Crippen molar-refractivity contribution >= 4 is 11.8 Å². The van der Waals surface area contributed by atoms with Crippen molar-refractivity contribution in [2.24, 2.45) is 0 Å².